The van der Waals surface area contributed by atoms with Gasteiger partial charge in [-0.25, -0.2) is 4.98 Å². The zero-order valence-electron chi connectivity index (χ0n) is 16.8. The Morgan fingerprint density at radius 1 is 1.25 bits per heavy atom. The fourth-order valence-corrected chi connectivity index (χ4v) is 4.25. The normalized spacial score (nSPS) is 22.0. The molecule has 4 rings (SSSR count). The van der Waals surface area contributed by atoms with Gasteiger partial charge in [0, 0.05) is 31.5 Å². The van der Waals surface area contributed by atoms with E-state index in [0.717, 1.165) is 30.2 Å². The number of likely N-dealkylation sites (tertiary alicyclic amines) is 2. The summed E-state index contributed by atoms with van der Waals surface area (Å²) in [6, 6.07) is 4.74. The molecule has 2 aromatic heterocycles. The minimum absolute atomic E-state index is 0.246. The molecular weight excluding hydrogens is 356 g/mol. The van der Waals surface area contributed by atoms with Gasteiger partial charge in [0.15, 0.2) is 0 Å². The van der Waals surface area contributed by atoms with Crippen LogP contribution in [-0.2, 0) is 4.74 Å². The number of piperidine rings is 1. The molecule has 1 N–H and O–H groups in total. The number of hydrogen-bond acceptors (Lipinski definition) is 8. The number of nitrogens with zero attached hydrogens (tertiary/aromatic N) is 5. The fraction of sp³-hybridized carbons (Fsp3) is 0.650. The van der Waals surface area contributed by atoms with Crippen LogP contribution in [0.3, 0.4) is 0 Å². The van der Waals surface area contributed by atoms with E-state index in [4.69, 9.17) is 14.2 Å². The van der Waals surface area contributed by atoms with Crippen molar-refractivity contribution in [2.45, 2.75) is 37.8 Å². The third kappa shape index (κ3) is 4.34. The average molecular weight is 387 g/mol. The minimum Gasteiger partial charge on any atom is -0.383 e. The highest BCUT2D eigenvalue weighted by molar-refractivity contribution is 5.58. The Labute approximate surface area is 166 Å². The van der Waals surface area contributed by atoms with E-state index in [9.17, 15) is 0 Å². The molecule has 28 heavy (non-hydrogen) atoms. The minimum atomic E-state index is 0.246. The first-order chi connectivity index (χ1) is 13.7. The molecular formula is C20H30N6O2. The number of anilines is 1. The second kappa shape index (κ2) is 8.98. The van der Waals surface area contributed by atoms with E-state index >= 15 is 0 Å². The van der Waals surface area contributed by atoms with Crippen molar-refractivity contribution < 1.29 is 9.26 Å². The summed E-state index contributed by atoms with van der Waals surface area (Å²) in [5.41, 5.74) is 0.911. The van der Waals surface area contributed by atoms with Crippen molar-refractivity contribution in [3.8, 4) is 11.4 Å². The molecule has 1 atom stereocenters. The average Bonchev–Trinajstić information content (AvgIpc) is 3.38. The van der Waals surface area contributed by atoms with Crippen molar-refractivity contribution in [2.75, 3.05) is 52.3 Å². The van der Waals surface area contributed by atoms with E-state index in [1.165, 1.54) is 32.4 Å². The molecule has 2 aromatic rings. The predicted molar refractivity (Wildman–Crippen MR) is 107 cm³/mol. The van der Waals surface area contributed by atoms with Gasteiger partial charge in [0.25, 0.3) is 0 Å². The summed E-state index contributed by atoms with van der Waals surface area (Å²) in [5.74, 6) is 2.16. The van der Waals surface area contributed by atoms with Gasteiger partial charge < -0.3 is 19.5 Å². The van der Waals surface area contributed by atoms with Gasteiger partial charge in [-0.1, -0.05) is 5.16 Å². The number of nitrogens with one attached hydrogen (secondary N) is 1. The Bertz CT molecular complexity index is 759. The monoisotopic (exact) mass is 386 g/mol. The van der Waals surface area contributed by atoms with E-state index in [0.29, 0.717) is 25.0 Å². The number of aromatic nitrogens is 3. The Kier molecular flexibility index (Phi) is 6.19. The van der Waals surface area contributed by atoms with Crippen molar-refractivity contribution in [3.63, 3.8) is 0 Å². The van der Waals surface area contributed by atoms with Gasteiger partial charge in [0.1, 0.15) is 5.82 Å². The molecule has 4 heterocycles. The maximum atomic E-state index is 5.71. The maximum absolute atomic E-state index is 5.71. The van der Waals surface area contributed by atoms with Gasteiger partial charge in [0.05, 0.1) is 12.6 Å². The fourth-order valence-electron chi connectivity index (χ4n) is 4.25. The zero-order chi connectivity index (χ0) is 19.3. The highest BCUT2D eigenvalue weighted by atomic mass is 16.5. The van der Waals surface area contributed by atoms with E-state index in [2.05, 4.69) is 32.3 Å². The molecule has 0 radical (unpaired) electrons. The molecule has 8 nitrogen and oxygen atoms in total. The van der Waals surface area contributed by atoms with Crippen LogP contribution in [0.1, 0.15) is 37.6 Å². The molecule has 0 unspecified atom stereocenters. The lowest BCUT2D eigenvalue weighted by Gasteiger charge is -2.37. The number of pyridine rings is 1. The lowest BCUT2D eigenvalue weighted by Crippen LogP contribution is -2.43. The molecule has 0 amide bonds. The Morgan fingerprint density at radius 2 is 2.11 bits per heavy atom. The summed E-state index contributed by atoms with van der Waals surface area (Å²) in [5, 5.41) is 7.50. The SMILES string of the molecule is COCCNc1cc(-c2noc([C@@H]3CCCN3C3CCN(C)CC3)n2)ccn1. The summed E-state index contributed by atoms with van der Waals surface area (Å²) in [6.45, 7) is 4.79. The zero-order valence-corrected chi connectivity index (χ0v) is 16.8. The molecule has 2 aliphatic heterocycles. The number of rotatable bonds is 7. The van der Waals surface area contributed by atoms with Crippen LogP contribution in [0.2, 0.25) is 0 Å². The Morgan fingerprint density at radius 3 is 2.93 bits per heavy atom. The summed E-state index contributed by atoms with van der Waals surface area (Å²) in [7, 11) is 3.89. The lowest BCUT2D eigenvalue weighted by atomic mass is 10.0. The van der Waals surface area contributed by atoms with Gasteiger partial charge in [0.2, 0.25) is 11.7 Å². The van der Waals surface area contributed by atoms with Crippen molar-refractivity contribution in [1.82, 2.24) is 24.9 Å². The first kappa shape index (κ1) is 19.3. The third-order valence-corrected chi connectivity index (χ3v) is 5.81. The molecule has 0 aliphatic carbocycles. The van der Waals surface area contributed by atoms with Crippen molar-refractivity contribution >= 4 is 5.82 Å². The third-order valence-electron chi connectivity index (χ3n) is 5.81. The second-order valence-electron chi connectivity index (χ2n) is 7.74. The molecule has 0 bridgehead atoms. The number of ether oxygens (including phenoxy) is 1. The smallest absolute Gasteiger partial charge is 0.244 e. The van der Waals surface area contributed by atoms with E-state index < -0.39 is 0 Å². The van der Waals surface area contributed by atoms with Crippen LogP contribution >= 0.6 is 0 Å². The molecule has 0 spiro atoms. The van der Waals surface area contributed by atoms with E-state index in [1.807, 2.05) is 12.1 Å². The van der Waals surface area contributed by atoms with E-state index in [-0.39, 0.29) is 6.04 Å². The van der Waals surface area contributed by atoms with Crippen LogP contribution in [-0.4, -0.2) is 77.9 Å². The maximum Gasteiger partial charge on any atom is 0.244 e. The van der Waals surface area contributed by atoms with Gasteiger partial charge in [-0.2, -0.15) is 4.98 Å². The standard InChI is InChI=1S/C20H30N6O2/c1-25-11-6-16(7-12-25)26-10-3-4-17(26)20-23-19(24-28-20)15-5-8-21-18(14-15)22-9-13-27-2/h5,8,14,16-17H,3-4,6-7,9-13H2,1-2H3,(H,21,22)/t17-/m0/s1. The van der Waals surface area contributed by atoms with Crippen LogP contribution in [0.4, 0.5) is 5.82 Å². The first-order valence-corrected chi connectivity index (χ1v) is 10.2. The molecule has 8 heteroatoms. The molecule has 152 valence electrons. The molecule has 2 fully saturated rings. The molecule has 2 saturated heterocycles. The quantitative estimate of drug-likeness (QED) is 0.727. The van der Waals surface area contributed by atoms with Crippen LogP contribution in [0.15, 0.2) is 22.9 Å². The van der Waals surface area contributed by atoms with Crippen LogP contribution in [0.25, 0.3) is 11.4 Å². The summed E-state index contributed by atoms with van der Waals surface area (Å²) >= 11 is 0. The largest absolute Gasteiger partial charge is 0.383 e. The van der Waals surface area contributed by atoms with Crippen LogP contribution < -0.4 is 5.32 Å². The van der Waals surface area contributed by atoms with Crippen molar-refractivity contribution in [3.05, 3.63) is 24.2 Å². The summed E-state index contributed by atoms with van der Waals surface area (Å²) in [6.07, 6.45) is 6.48. The van der Waals surface area contributed by atoms with Gasteiger partial charge in [-0.3, -0.25) is 4.90 Å². The topological polar surface area (TPSA) is 79.5 Å². The van der Waals surface area contributed by atoms with Crippen molar-refractivity contribution in [1.29, 1.82) is 0 Å². The molecule has 0 saturated carbocycles. The van der Waals surface area contributed by atoms with Gasteiger partial charge in [-0.05, 0) is 64.5 Å². The van der Waals surface area contributed by atoms with Crippen LogP contribution in [0.5, 0.6) is 0 Å². The first-order valence-electron chi connectivity index (χ1n) is 10.2. The highest BCUT2D eigenvalue weighted by Gasteiger charge is 2.36. The van der Waals surface area contributed by atoms with E-state index in [1.54, 1.807) is 13.3 Å². The molecule has 0 aromatic carbocycles. The van der Waals surface area contributed by atoms with Crippen molar-refractivity contribution in [2.24, 2.45) is 0 Å². The molecule has 2 aliphatic rings. The van der Waals surface area contributed by atoms with Gasteiger partial charge >= 0.3 is 0 Å². The Balaban J connectivity index is 1.46. The summed E-state index contributed by atoms with van der Waals surface area (Å²) < 4.78 is 10.8. The van der Waals surface area contributed by atoms with Crippen LogP contribution in [0, 0.1) is 0 Å². The number of methoxy groups -OCH3 is 1. The highest BCUT2D eigenvalue weighted by Crippen LogP contribution is 2.36. The predicted octanol–water partition coefficient (Wildman–Crippen LogP) is 2.42. The van der Waals surface area contributed by atoms with Gasteiger partial charge in [-0.15, -0.1) is 0 Å². The Hall–Kier alpha value is -2.03. The lowest BCUT2D eigenvalue weighted by molar-refractivity contribution is 0.0958. The number of hydrogen-bond donors (Lipinski definition) is 1. The second-order valence-corrected chi connectivity index (χ2v) is 7.74. The summed E-state index contributed by atoms with van der Waals surface area (Å²) in [4.78, 5) is 14.1.